The van der Waals surface area contributed by atoms with E-state index in [1.165, 1.54) is 23.2 Å². The van der Waals surface area contributed by atoms with E-state index in [0.29, 0.717) is 16.4 Å². The van der Waals surface area contributed by atoms with Crippen molar-refractivity contribution in [3.05, 3.63) is 76.1 Å². The zero-order valence-corrected chi connectivity index (χ0v) is 18.3. The van der Waals surface area contributed by atoms with Gasteiger partial charge in [0.05, 0.1) is 16.1 Å². The number of rotatable bonds is 9. The van der Waals surface area contributed by atoms with Gasteiger partial charge in [-0.3, -0.25) is 14.5 Å². The number of aryl methyl sites for hydroxylation is 1. The first kappa shape index (κ1) is 21.8. The molecule has 7 heteroatoms. The van der Waals surface area contributed by atoms with Crippen molar-refractivity contribution in [2.45, 2.75) is 33.9 Å². The number of nitrogens with one attached hydrogen (secondary N) is 2. The van der Waals surface area contributed by atoms with Crippen LogP contribution in [0.3, 0.4) is 0 Å². The molecule has 1 aromatic carbocycles. The largest absolute Gasteiger partial charge is 0.459 e. The maximum absolute atomic E-state index is 12.8. The molecule has 0 unspecified atom stereocenters. The van der Waals surface area contributed by atoms with Gasteiger partial charge in [0.2, 0.25) is 0 Å². The van der Waals surface area contributed by atoms with E-state index in [1.54, 1.807) is 18.2 Å². The molecule has 0 fully saturated rings. The van der Waals surface area contributed by atoms with Crippen LogP contribution in [0.1, 0.15) is 50.8 Å². The van der Waals surface area contributed by atoms with E-state index in [0.717, 1.165) is 30.8 Å². The van der Waals surface area contributed by atoms with Gasteiger partial charge >= 0.3 is 0 Å². The van der Waals surface area contributed by atoms with Crippen molar-refractivity contribution in [2.75, 3.05) is 18.4 Å². The third kappa shape index (κ3) is 5.37. The zero-order chi connectivity index (χ0) is 21.5. The summed E-state index contributed by atoms with van der Waals surface area (Å²) in [6.07, 6.45) is 1.45. The zero-order valence-electron chi connectivity index (χ0n) is 17.5. The second-order valence-corrected chi connectivity index (χ2v) is 8.02. The lowest BCUT2D eigenvalue weighted by Gasteiger charge is -2.20. The predicted octanol–water partition coefficient (Wildman–Crippen LogP) is 4.67. The molecule has 0 atom stereocenters. The SMILES string of the molecule is CCN(CC)Cc1ccccc1CNC(=O)c1sc(NC(=O)c2ccco2)cc1C. The smallest absolute Gasteiger partial charge is 0.291 e. The van der Waals surface area contributed by atoms with Crippen molar-refractivity contribution in [1.82, 2.24) is 10.2 Å². The van der Waals surface area contributed by atoms with Crippen LogP contribution in [0.5, 0.6) is 0 Å². The van der Waals surface area contributed by atoms with Crippen LogP contribution >= 0.6 is 11.3 Å². The van der Waals surface area contributed by atoms with E-state index >= 15 is 0 Å². The molecule has 2 N–H and O–H groups in total. The molecule has 0 aliphatic heterocycles. The molecule has 2 aromatic heterocycles. The summed E-state index contributed by atoms with van der Waals surface area (Å²) in [4.78, 5) is 27.9. The summed E-state index contributed by atoms with van der Waals surface area (Å²) in [6, 6.07) is 13.2. The van der Waals surface area contributed by atoms with Gasteiger partial charge in [-0.05, 0) is 54.9 Å². The molecular weight excluding hydrogens is 398 g/mol. The number of hydrogen-bond acceptors (Lipinski definition) is 5. The summed E-state index contributed by atoms with van der Waals surface area (Å²) in [7, 11) is 0. The molecule has 3 rings (SSSR count). The third-order valence-electron chi connectivity index (χ3n) is 4.95. The highest BCUT2D eigenvalue weighted by molar-refractivity contribution is 7.18. The Bertz CT molecular complexity index is 991. The molecule has 0 aliphatic carbocycles. The van der Waals surface area contributed by atoms with Crippen LogP contribution in [0.15, 0.2) is 53.1 Å². The molecule has 0 aliphatic rings. The van der Waals surface area contributed by atoms with Crippen molar-refractivity contribution in [3.63, 3.8) is 0 Å². The number of carbonyl (C=O) groups excluding carboxylic acids is 2. The molecule has 2 amide bonds. The fraction of sp³-hybridized carbons (Fsp3) is 0.304. The average molecular weight is 426 g/mol. The Morgan fingerprint density at radius 2 is 1.77 bits per heavy atom. The molecule has 0 radical (unpaired) electrons. The van der Waals surface area contributed by atoms with Crippen LogP contribution in [-0.2, 0) is 13.1 Å². The Morgan fingerprint density at radius 1 is 1.03 bits per heavy atom. The highest BCUT2D eigenvalue weighted by atomic mass is 32.1. The number of anilines is 1. The Hall–Kier alpha value is -2.90. The quantitative estimate of drug-likeness (QED) is 0.522. The van der Waals surface area contributed by atoms with Crippen LogP contribution in [0, 0.1) is 6.92 Å². The molecule has 30 heavy (non-hydrogen) atoms. The summed E-state index contributed by atoms with van der Waals surface area (Å²) < 4.78 is 5.10. The number of furan rings is 1. The number of benzene rings is 1. The van der Waals surface area contributed by atoms with E-state index in [9.17, 15) is 9.59 Å². The minimum atomic E-state index is -0.335. The molecule has 2 heterocycles. The van der Waals surface area contributed by atoms with Gasteiger partial charge in [0.15, 0.2) is 5.76 Å². The van der Waals surface area contributed by atoms with Crippen molar-refractivity contribution < 1.29 is 14.0 Å². The minimum absolute atomic E-state index is 0.145. The van der Waals surface area contributed by atoms with Gasteiger partial charge in [-0.2, -0.15) is 0 Å². The van der Waals surface area contributed by atoms with Crippen molar-refractivity contribution >= 4 is 28.2 Å². The maximum atomic E-state index is 12.8. The van der Waals surface area contributed by atoms with Gasteiger partial charge in [0.1, 0.15) is 0 Å². The molecule has 158 valence electrons. The summed E-state index contributed by atoms with van der Waals surface area (Å²) in [6.45, 7) is 9.45. The topological polar surface area (TPSA) is 74.6 Å². The lowest BCUT2D eigenvalue weighted by atomic mass is 10.1. The second-order valence-electron chi connectivity index (χ2n) is 6.97. The first-order valence-corrected chi connectivity index (χ1v) is 10.9. The molecule has 3 aromatic rings. The summed E-state index contributed by atoms with van der Waals surface area (Å²) in [5.74, 6) is -0.246. The van der Waals surface area contributed by atoms with Gasteiger partial charge in [0, 0.05) is 13.1 Å². The lowest BCUT2D eigenvalue weighted by Crippen LogP contribution is -2.26. The van der Waals surface area contributed by atoms with Crippen LogP contribution in [-0.4, -0.2) is 29.8 Å². The van der Waals surface area contributed by atoms with Crippen LogP contribution in [0.4, 0.5) is 5.00 Å². The average Bonchev–Trinajstić information content (AvgIpc) is 3.41. The lowest BCUT2D eigenvalue weighted by molar-refractivity contribution is 0.0952. The minimum Gasteiger partial charge on any atom is -0.459 e. The highest BCUT2D eigenvalue weighted by Crippen LogP contribution is 2.27. The van der Waals surface area contributed by atoms with Gasteiger partial charge in [0.25, 0.3) is 11.8 Å². The van der Waals surface area contributed by atoms with E-state index < -0.39 is 0 Å². The molecule has 0 saturated heterocycles. The predicted molar refractivity (Wildman–Crippen MR) is 120 cm³/mol. The summed E-state index contributed by atoms with van der Waals surface area (Å²) in [5, 5.41) is 6.41. The molecule has 0 bridgehead atoms. The first-order valence-electron chi connectivity index (χ1n) is 10.0. The molecule has 0 spiro atoms. The van der Waals surface area contributed by atoms with E-state index in [-0.39, 0.29) is 17.6 Å². The Morgan fingerprint density at radius 3 is 2.43 bits per heavy atom. The molecular formula is C23H27N3O3S. The van der Waals surface area contributed by atoms with Crippen LogP contribution < -0.4 is 10.6 Å². The van der Waals surface area contributed by atoms with Crippen molar-refractivity contribution in [2.24, 2.45) is 0 Å². The van der Waals surface area contributed by atoms with Crippen molar-refractivity contribution in [1.29, 1.82) is 0 Å². The normalized spacial score (nSPS) is 10.9. The number of amides is 2. The Kier molecular flexibility index (Phi) is 7.43. The van der Waals surface area contributed by atoms with E-state index in [1.807, 2.05) is 19.1 Å². The summed E-state index contributed by atoms with van der Waals surface area (Å²) in [5.41, 5.74) is 3.15. The van der Waals surface area contributed by atoms with E-state index in [2.05, 4.69) is 41.5 Å². The number of nitrogens with zero attached hydrogens (tertiary/aromatic N) is 1. The molecule has 6 nitrogen and oxygen atoms in total. The standard InChI is InChI=1S/C23H27N3O3S/c1-4-26(5-2)15-18-10-7-6-9-17(18)14-24-23(28)21-16(3)13-20(30-21)25-22(27)19-11-8-12-29-19/h6-13H,4-5,14-15H2,1-3H3,(H,24,28)(H,25,27). The van der Waals surface area contributed by atoms with E-state index in [4.69, 9.17) is 4.42 Å². The van der Waals surface area contributed by atoms with Gasteiger partial charge in [-0.1, -0.05) is 38.1 Å². The fourth-order valence-electron chi connectivity index (χ4n) is 3.18. The first-order chi connectivity index (χ1) is 14.5. The van der Waals surface area contributed by atoms with Crippen molar-refractivity contribution in [3.8, 4) is 0 Å². The second kappa shape index (κ2) is 10.2. The van der Waals surface area contributed by atoms with Gasteiger partial charge in [-0.25, -0.2) is 0 Å². The fourth-order valence-corrected chi connectivity index (χ4v) is 4.16. The monoisotopic (exact) mass is 425 g/mol. The third-order valence-corrected chi connectivity index (χ3v) is 6.10. The van der Waals surface area contributed by atoms with Crippen LogP contribution in [0.25, 0.3) is 0 Å². The Labute approximate surface area is 180 Å². The number of thiophene rings is 1. The highest BCUT2D eigenvalue weighted by Gasteiger charge is 2.17. The Balaban J connectivity index is 1.65. The number of carbonyl (C=O) groups is 2. The summed E-state index contributed by atoms with van der Waals surface area (Å²) >= 11 is 1.26. The molecule has 0 saturated carbocycles. The van der Waals surface area contributed by atoms with Gasteiger partial charge in [-0.15, -0.1) is 11.3 Å². The number of hydrogen-bond donors (Lipinski definition) is 2. The maximum Gasteiger partial charge on any atom is 0.291 e. The van der Waals surface area contributed by atoms with Gasteiger partial charge < -0.3 is 15.1 Å². The van der Waals surface area contributed by atoms with Crippen LogP contribution in [0.2, 0.25) is 0 Å².